The predicted octanol–water partition coefficient (Wildman–Crippen LogP) is 6.24. The van der Waals surface area contributed by atoms with Crippen LogP contribution >= 0.6 is 0 Å². The summed E-state index contributed by atoms with van der Waals surface area (Å²) < 4.78 is 0. The Balaban J connectivity index is 3.03. The first-order valence-electron chi connectivity index (χ1n) is 7.51. The molecule has 0 spiro atoms. The lowest BCUT2D eigenvalue weighted by atomic mass is 10.1. The smallest absolute Gasteiger partial charge is 0.0351 e. The molecule has 0 amide bonds. The summed E-state index contributed by atoms with van der Waals surface area (Å²) in [6.45, 7) is 6.04. The van der Waals surface area contributed by atoms with Crippen molar-refractivity contribution in [2.45, 2.75) is 77.6 Å². The van der Waals surface area contributed by atoms with Crippen molar-refractivity contribution >= 4 is 0 Å². The van der Waals surface area contributed by atoms with E-state index in [0.717, 1.165) is 6.42 Å². The van der Waals surface area contributed by atoms with Gasteiger partial charge < -0.3 is 0 Å². The van der Waals surface area contributed by atoms with Gasteiger partial charge in [0.15, 0.2) is 0 Å². The highest BCUT2D eigenvalue weighted by Gasteiger charge is 1.88. The minimum atomic E-state index is 0.935. The quantitative estimate of drug-likeness (QED) is 0.277. The van der Waals surface area contributed by atoms with E-state index in [1.165, 1.54) is 64.2 Å². The molecule has 0 aliphatic rings. The van der Waals surface area contributed by atoms with E-state index in [0.29, 0.717) is 0 Å². The van der Waals surface area contributed by atoms with Crippen LogP contribution in [0.2, 0.25) is 0 Å². The lowest BCUT2D eigenvalue weighted by Crippen LogP contribution is -1.78. The number of hydrogen-bond acceptors (Lipinski definition) is 0. The van der Waals surface area contributed by atoms with Crippen molar-refractivity contribution in [2.24, 2.45) is 0 Å². The van der Waals surface area contributed by atoms with Gasteiger partial charge >= 0.3 is 0 Å². The molecule has 0 saturated heterocycles. The van der Waals surface area contributed by atoms with E-state index < -0.39 is 0 Å². The van der Waals surface area contributed by atoms with E-state index in [9.17, 15) is 0 Å². The van der Waals surface area contributed by atoms with Gasteiger partial charge in [0.25, 0.3) is 0 Å². The maximum atomic E-state index is 3.79. The van der Waals surface area contributed by atoms with Gasteiger partial charge in [-0.3, -0.25) is 0 Å². The molecule has 17 heavy (non-hydrogen) atoms. The van der Waals surface area contributed by atoms with Gasteiger partial charge in [-0.25, -0.2) is 0 Å². The molecule has 0 fully saturated rings. The molecule has 1 radical (unpaired) electrons. The molecule has 0 aliphatic carbocycles. The number of unbranched alkanes of at least 4 members (excludes halogenated alkanes) is 8. The molecule has 0 unspecified atom stereocenters. The number of rotatable bonds is 12. The summed E-state index contributed by atoms with van der Waals surface area (Å²) in [6.07, 6.45) is 23.5. The molecular formula is C17H31. The Morgan fingerprint density at radius 3 is 1.65 bits per heavy atom. The Morgan fingerprint density at radius 2 is 1.12 bits per heavy atom. The maximum Gasteiger partial charge on any atom is -0.0351 e. The zero-order valence-electron chi connectivity index (χ0n) is 11.8. The summed E-state index contributed by atoms with van der Waals surface area (Å²) in [6, 6.07) is 0. The van der Waals surface area contributed by atoms with Gasteiger partial charge in [-0.15, -0.1) is 0 Å². The summed E-state index contributed by atoms with van der Waals surface area (Å²) in [5.41, 5.74) is 0. The summed E-state index contributed by atoms with van der Waals surface area (Å²) >= 11 is 0. The molecule has 0 N–H and O–H groups in total. The minimum absolute atomic E-state index is 0.935. The fourth-order valence-electron chi connectivity index (χ4n) is 1.85. The van der Waals surface area contributed by atoms with E-state index >= 15 is 0 Å². The fourth-order valence-corrected chi connectivity index (χ4v) is 1.85. The van der Waals surface area contributed by atoms with Gasteiger partial charge in [0.05, 0.1) is 0 Å². The Bertz CT molecular complexity index is 176. The highest BCUT2D eigenvalue weighted by atomic mass is 13.9. The summed E-state index contributed by atoms with van der Waals surface area (Å²) in [5, 5.41) is 0. The van der Waals surface area contributed by atoms with Crippen LogP contribution in [0.3, 0.4) is 0 Å². The van der Waals surface area contributed by atoms with Gasteiger partial charge in [0.2, 0.25) is 0 Å². The topological polar surface area (TPSA) is 0 Å². The molecule has 0 aromatic carbocycles. The van der Waals surface area contributed by atoms with Crippen LogP contribution in [0.25, 0.3) is 0 Å². The SMILES string of the molecule is [CH2]CC=CCCCCCCCC=CCCCC. The van der Waals surface area contributed by atoms with Crippen LogP contribution in [0.4, 0.5) is 0 Å². The van der Waals surface area contributed by atoms with Crippen LogP contribution < -0.4 is 0 Å². The summed E-state index contributed by atoms with van der Waals surface area (Å²) in [5.74, 6) is 0. The van der Waals surface area contributed by atoms with E-state index in [2.05, 4.69) is 38.2 Å². The normalized spacial score (nSPS) is 11.9. The van der Waals surface area contributed by atoms with Crippen LogP contribution in [0.5, 0.6) is 0 Å². The highest BCUT2D eigenvalue weighted by molar-refractivity contribution is 4.82. The first kappa shape index (κ1) is 16.5. The van der Waals surface area contributed by atoms with E-state index in [1.54, 1.807) is 0 Å². The predicted molar refractivity (Wildman–Crippen MR) is 80.1 cm³/mol. The van der Waals surface area contributed by atoms with Crippen molar-refractivity contribution in [2.75, 3.05) is 0 Å². The second-order valence-electron chi connectivity index (χ2n) is 4.72. The van der Waals surface area contributed by atoms with Gasteiger partial charge in [-0.2, -0.15) is 0 Å². The monoisotopic (exact) mass is 235 g/mol. The van der Waals surface area contributed by atoms with E-state index in [1.807, 2.05) is 0 Å². The second-order valence-corrected chi connectivity index (χ2v) is 4.72. The van der Waals surface area contributed by atoms with Crippen LogP contribution in [0, 0.1) is 6.92 Å². The second kappa shape index (κ2) is 15.5. The van der Waals surface area contributed by atoms with Crippen LogP contribution in [-0.4, -0.2) is 0 Å². The van der Waals surface area contributed by atoms with E-state index in [-0.39, 0.29) is 0 Å². The van der Waals surface area contributed by atoms with E-state index in [4.69, 9.17) is 0 Å². The van der Waals surface area contributed by atoms with Crippen molar-refractivity contribution in [1.29, 1.82) is 0 Å². The molecule has 0 heteroatoms. The Hall–Kier alpha value is -0.520. The van der Waals surface area contributed by atoms with Gasteiger partial charge in [-0.05, 0) is 45.4 Å². The third kappa shape index (κ3) is 15.5. The number of allylic oxidation sites excluding steroid dienone is 4. The Kier molecular flexibility index (Phi) is 15.0. The molecule has 0 nitrogen and oxygen atoms in total. The molecule has 0 saturated carbocycles. The molecule has 0 rings (SSSR count). The Labute approximate surface area is 109 Å². The fraction of sp³-hybridized carbons (Fsp3) is 0.706. The third-order valence-corrected chi connectivity index (χ3v) is 2.97. The van der Waals surface area contributed by atoms with Gasteiger partial charge in [-0.1, -0.05) is 63.3 Å². The molecule has 0 heterocycles. The lowest BCUT2D eigenvalue weighted by Gasteiger charge is -1.98. The van der Waals surface area contributed by atoms with Gasteiger partial charge in [0.1, 0.15) is 0 Å². The zero-order chi connectivity index (χ0) is 12.6. The highest BCUT2D eigenvalue weighted by Crippen LogP contribution is 2.08. The molecule has 0 atom stereocenters. The van der Waals surface area contributed by atoms with Crippen molar-refractivity contribution < 1.29 is 0 Å². The largest absolute Gasteiger partial charge is 0.0885 e. The molecule has 0 aromatic heterocycles. The standard InChI is InChI=1S/C17H31/c1-3-5-7-9-11-13-15-17-16-14-12-10-8-6-4-2/h5,7,10,12H,1,3-4,6,8-9,11,13-17H2,2H3. The lowest BCUT2D eigenvalue weighted by molar-refractivity contribution is 0.621. The molecule has 0 aromatic rings. The number of hydrogen-bond donors (Lipinski definition) is 0. The third-order valence-electron chi connectivity index (χ3n) is 2.97. The Morgan fingerprint density at radius 1 is 0.647 bits per heavy atom. The maximum absolute atomic E-state index is 3.79. The molecular weight excluding hydrogens is 204 g/mol. The van der Waals surface area contributed by atoms with Gasteiger partial charge in [0, 0.05) is 0 Å². The first-order valence-corrected chi connectivity index (χ1v) is 7.51. The molecule has 99 valence electrons. The molecule has 0 bridgehead atoms. The van der Waals surface area contributed by atoms with Crippen LogP contribution in [0.15, 0.2) is 24.3 Å². The van der Waals surface area contributed by atoms with Crippen molar-refractivity contribution in [1.82, 2.24) is 0 Å². The molecule has 0 aliphatic heterocycles. The van der Waals surface area contributed by atoms with Crippen molar-refractivity contribution in [3.8, 4) is 0 Å². The van der Waals surface area contributed by atoms with Crippen molar-refractivity contribution in [3.63, 3.8) is 0 Å². The average molecular weight is 235 g/mol. The van der Waals surface area contributed by atoms with Crippen LogP contribution in [-0.2, 0) is 0 Å². The summed E-state index contributed by atoms with van der Waals surface area (Å²) in [7, 11) is 0. The zero-order valence-corrected chi connectivity index (χ0v) is 11.8. The minimum Gasteiger partial charge on any atom is -0.0885 e. The first-order chi connectivity index (χ1) is 8.41. The average Bonchev–Trinajstić information content (AvgIpc) is 2.35. The van der Waals surface area contributed by atoms with Crippen molar-refractivity contribution in [3.05, 3.63) is 31.2 Å². The summed E-state index contributed by atoms with van der Waals surface area (Å²) in [4.78, 5) is 0. The van der Waals surface area contributed by atoms with Crippen LogP contribution in [0.1, 0.15) is 77.6 Å².